The molecule has 1 amide bonds. The Kier molecular flexibility index (Phi) is 6.05. The molecule has 0 aromatic rings. The third-order valence-electron chi connectivity index (χ3n) is 2.38. The van der Waals surface area contributed by atoms with Gasteiger partial charge in [0.05, 0.1) is 6.04 Å². The molecule has 0 saturated carbocycles. The van der Waals surface area contributed by atoms with Crippen molar-refractivity contribution < 1.29 is 9.53 Å². The minimum Gasteiger partial charge on any atom is -0.385 e. The van der Waals surface area contributed by atoms with Gasteiger partial charge in [0, 0.05) is 37.8 Å². The molecule has 88 valence electrons. The number of hydrogen-bond donors (Lipinski definition) is 2. The molecule has 2 atom stereocenters. The molecule has 0 aromatic heterocycles. The van der Waals surface area contributed by atoms with E-state index in [0.717, 1.165) is 24.5 Å². The first-order valence-corrected chi connectivity index (χ1v) is 6.50. The van der Waals surface area contributed by atoms with E-state index in [-0.39, 0.29) is 18.0 Å². The van der Waals surface area contributed by atoms with E-state index in [9.17, 15) is 4.79 Å². The summed E-state index contributed by atoms with van der Waals surface area (Å²) in [5.74, 6) is 2.09. The van der Waals surface area contributed by atoms with Crippen LogP contribution in [0.5, 0.6) is 0 Å². The standard InChI is InChI=1S/C10H20N2O2S/c1-8(3-5-14-2)12-10(13)9-7-15-6-4-11-9/h8-9,11H,3-7H2,1-2H3,(H,12,13). The zero-order valence-electron chi connectivity index (χ0n) is 9.41. The first-order valence-electron chi connectivity index (χ1n) is 5.34. The normalized spacial score (nSPS) is 23.5. The number of amides is 1. The summed E-state index contributed by atoms with van der Waals surface area (Å²) in [4.78, 5) is 11.7. The molecule has 0 aromatic carbocycles. The molecule has 0 spiro atoms. The smallest absolute Gasteiger partial charge is 0.238 e. The maximum Gasteiger partial charge on any atom is 0.238 e. The van der Waals surface area contributed by atoms with Gasteiger partial charge in [-0.2, -0.15) is 11.8 Å². The third-order valence-corrected chi connectivity index (χ3v) is 3.44. The summed E-state index contributed by atoms with van der Waals surface area (Å²) in [5, 5.41) is 6.21. The SMILES string of the molecule is COCCC(C)NC(=O)C1CSCCN1. The Bertz CT molecular complexity index is 196. The van der Waals surface area contributed by atoms with Crippen molar-refractivity contribution in [2.75, 3.05) is 31.8 Å². The van der Waals surface area contributed by atoms with Crippen LogP contribution in [0, 0.1) is 0 Å². The zero-order valence-corrected chi connectivity index (χ0v) is 10.2. The van der Waals surface area contributed by atoms with E-state index in [1.165, 1.54) is 0 Å². The Morgan fingerprint density at radius 2 is 2.53 bits per heavy atom. The number of methoxy groups -OCH3 is 1. The second-order valence-electron chi connectivity index (χ2n) is 3.77. The van der Waals surface area contributed by atoms with Crippen molar-refractivity contribution in [2.45, 2.75) is 25.4 Å². The minimum atomic E-state index is -0.0197. The highest BCUT2D eigenvalue weighted by Gasteiger charge is 2.21. The maximum absolute atomic E-state index is 11.7. The molecule has 15 heavy (non-hydrogen) atoms. The molecular weight excluding hydrogens is 212 g/mol. The van der Waals surface area contributed by atoms with Crippen LogP contribution in [0.4, 0.5) is 0 Å². The van der Waals surface area contributed by atoms with Gasteiger partial charge in [0.15, 0.2) is 0 Å². The molecule has 2 N–H and O–H groups in total. The number of hydrogen-bond acceptors (Lipinski definition) is 4. The van der Waals surface area contributed by atoms with Crippen LogP contribution in [0.3, 0.4) is 0 Å². The highest BCUT2D eigenvalue weighted by Crippen LogP contribution is 2.07. The molecule has 1 fully saturated rings. The van der Waals surface area contributed by atoms with Crippen molar-refractivity contribution in [3.63, 3.8) is 0 Å². The van der Waals surface area contributed by atoms with Crippen molar-refractivity contribution in [1.82, 2.24) is 10.6 Å². The fourth-order valence-corrected chi connectivity index (χ4v) is 2.38. The van der Waals surface area contributed by atoms with Crippen LogP contribution in [0.15, 0.2) is 0 Å². The average molecular weight is 232 g/mol. The van der Waals surface area contributed by atoms with Gasteiger partial charge < -0.3 is 15.4 Å². The van der Waals surface area contributed by atoms with Gasteiger partial charge in [-0.25, -0.2) is 0 Å². The minimum absolute atomic E-state index is 0.0197. The fraction of sp³-hybridized carbons (Fsp3) is 0.900. The van der Waals surface area contributed by atoms with Gasteiger partial charge in [0.2, 0.25) is 5.91 Å². The van der Waals surface area contributed by atoms with E-state index in [2.05, 4.69) is 10.6 Å². The van der Waals surface area contributed by atoms with Gasteiger partial charge in [-0.3, -0.25) is 4.79 Å². The first kappa shape index (κ1) is 12.8. The number of nitrogens with one attached hydrogen (secondary N) is 2. The Labute approximate surface area is 95.5 Å². The van der Waals surface area contributed by atoms with Gasteiger partial charge in [0.25, 0.3) is 0 Å². The van der Waals surface area contributed by atoms with Crippen molar-refractivity contribution in [3.05, 3.63) is 0 Å². The van der Waals surface area contributed by atoms with Crippen LogP contribution in [0.25, 0.3) is 0 Å². The van der Waals surface area contributed by atoms with Crippen molar-refractivity contribution in [1.29, 1.82) is 0 Å². The molecule has 1 saturated heterocycles. The number of thioether (sulfide) groups is 1. The van der Waals surface area contributed by atoms with E-state index in [1.54, 1.807) is 7.11 Å². The third kappa shape index (κ3) is 4.86. The number of carbonyl (C=O) groups excluding carboxylic acids is 1. The number of ether oxygens (including phenoxy) is 1. The molecule has 0 bridgehead atoms. The van der Waals surface area contributed by atoms with E-state index in [0.29, 0.717) is 6.61 Å². The summed E-state index contributed by atoms with van der Waals surface area (Å²) >= 11 is 1.83. The summed E-state index contributed by atoms with van der Waals surface area (Å²) in [5.41, 5.74) is 0. The number of rotatable bonds is 5. The van der Waals surface area contributed by atoms with Gasteiger partial charge in [-0.05, 0) is 13.3 Å². The summed E-state index contributed by atoms with van der Waals surface area (Å²) in [6.45, 7) is 3.62. The molecule has 1 rings (SSSR count). The van der Waals surface area contributed by atoms with Crippen molar-refractivity contribution in [2.24, 2.45) is 0 Å². The second-order valence-corrected chi connectivity index (χ2v) is 4.92. The van der Waals surface area contributed by atoms with E-state index < -0.39 is 0 Å². The molecule has 5 heteroatoms. The van der Waals surface area contributed by atoms with Gasteiger partial charge in [0.1, 0.15) is 0 Å². The Balaban J connectivity index is 2.21. The number of carbonyl (C=O) groups is 1. The van der Waals surface area contributed by atoms with E-state index in [4.69, 9.17) is 4.74 Å². The summed E-state index contributed by atoms with van der Waals surface area (Å²) in [7, 11) is 1.67. The highest BCUT2D eigenvalue weighted by molar-refractivity contribution is 7.99. The lowest BCUT2D eigenvalue weighted by atomic mass is 10.2. The molecule has 1 aliphatic rings. The van der Waals surface area contributed by atoms with Crippen LogP contribution in [0.1, 0.15) is 13.3 Å². The Hall–Kier alpha value is -0.260. The second kappa shape index (κ2) is 7.09. The fourth-order valence-electron chi connectivity index (χ4n) is 1.44. The van der Waals surface area contributed by atoms with Crippen LogP contribution in [-0.2, 0) is 9.53 Å². The summed E-state index contributed by atoms with van der Waals surface area (Å²) in [6.07, 6.45) is 0.863. The van der Waals surface area contributed by atoms with Crippen molar-refractivity contribution >= 4 is 17.7 Å². The highest BCUT2D eigenvalue weighted by atomic mass is 32.2. The molecule has 1 aliphatic heterocycles. The van der Waals surface area contributed by atoms with E-state index in [1.807, 2.05) is 18.7 Å². The van der Waals surface area contributed by atoms with Gasteiger partial charge in [-0.15, -0.1) is 0 Å². The van der Waals surface area contributed by atoms with Crippen LogP contribution < -0.4 is 10.6 Å². The van der Waals surface area contributed by atoms with Gasteiger partial charge in [-0.1, -0.05) is 0 Å². The maximum atomic E-state index is 11.7. The lowest BCUT2D eigenvalue weighted by molar-refractivity contribution is -0.123. The predicted octanol–water partition coefficient (Wildman–Crippen LogP) is 0.233. The average Bonchev–Trinajstić information content (AvgIpc) is 2.27. The van der Waals surface area contributed by atoms with Crippen LogP contribution in [0.2, 0.25) is 0 Å². The Morgan fingerprint density at radius 3 is 3.13 bits per heavy atom. The molecule has 1 heterocycles. The lowest BCUT2D eigenvalue weighted by Crippen LogP contribution is -2.51. The van der Waals surface area contributed by atoms with Crippen molar-refractivity contribution in [3.8, 4) is 0 Å². The predicted molar refractivity (Wildman–Crippen MR) is 63.2 cm³/mol. The lowest BCUT2D eigenvalue weighted by Gasteiger charge is -2.24. The Morgan fingerprint density at radius 1 is 1.73 bits per heavy atom. The topological polar surface area (TPSA) is 50.4 Å². The first-order chi connectivity index (χ1) is 7.24. The molecule has 0 aliphatic carbocycles. The van der Waals surface area contributed by atoms with Gasteiger partial charge >= 0.3 is 0 Å². The quantitative estimate of drug-likeness (QED) is 0.712. The van der Waals surface area contributed by atoms with Crippen LogP contribution in [-0.4, -0.2) is 49.8 Å². The molecular formula is C10H20N2O2S. The summed E-state index contributed by atoms with van der Waals surface area (Å²) < 4.78 is 4.97. The summed E-state index contributed by atoms with van der Waals surface area (Å²) in [6, 6.07) is 0.167. The molecule has 2 unspecified atom stereocenters. The zero-order chi connectivity index (χ0) is 11.1. The monoisotopic (exact) mass is 232 g/mol. The molecule has 4 nitrogen and oxygen atoms in total. The van der Waals surface area contributed by atoms with Crippen LogP contribution >= 0.6 is 11.8 Å². The van der Waals surface area contributed by atoms with E-state index >= 15 is 0 Å². The molecule has 0 radical (unpaired) electrons. The largest absolute Gasteiger partial charge is 0.385 e.